The lowest BCUT2D eigenvalue weighted by Gasteiger charge is -2.17. The van der Waals surface area contributed by atoms with Gasteiger partial charge in [-0.25, -0.2) is 0 Å². The van der Waals surface area contributed by atoms with Crippen molar-refractivity contribution < 1.29 is 0 Å². The first kappa shape index (κ1) is 28.7. The molecule has 2 aromatic rings. The SMILES string of the molecule is C=C\C=C/C=C(C)/C1=C/C(=C)/C(C)=C(/c2ccc(/C=C\C=C/C)cc2C)S/C=C\1.Cc1ccccc1. The highest BCUT2D eigenvalue weighted by molar-refractivity contribution is 8.11. The molecule has 0 N–H and O–H groups in total. The summed E-state index contributed by atoms with van der Waals surface area (Å²) in [6.45, 7) is 18.6. The summed E-state index contributed by atoms with van der Waals surface area (Å²) in [6.07, 6.45) is 20.4. The van der Waals surface area contributed by atoms with Crippen molar-refractivity contribution in [3.8, 4) is 0 Å². The van der Waals surface area contributed by atoms with Crippen molar-refractivity contribution in [1.82, 2.24) is 0 Å². The summed E-state index contributed by atoms with van der Waals surface area (Å²) < 4.78 is 0. The summed E-state index contributed by atoms with van der Waals surface area (Å²) in [6, 6.07) is 16.9. The fourth-order valence-corrected chi connectivity index (χ4v) is 4.51. The Morgan fingerprint density at radius 1 is 0.917 bits per heavy atom. The molecule has 1 heteroatoms. The molecule has 0 atom stereocenters. The summed E-state index contributed by atoms with van der Waals surface area (Å²) in [5.74, 6) is 0. The maximum Gasteiger partial charge on any atom is 0.0226 e. The van der Waals surface area contributed by atoms with Gasteiger partial charge in [-0.3, -0.25) is 0 Å². The minimum absolute atomic E-state index is 1.05. The number of aryl methyl sites for hydroxylation is 2. The van der Waals surface area contributed by atoms with Crippen molar-refractivity contribution in [1.29, 1.82) is 0 Å². The molecule has 0 aromatic heterocycles. The van der Waals surface area contributed by atoms with Gasteiger partial charge in [0.05, 0.1) is 0 Å². The van der Waals surface area contributed by atoms with Crippen LogP contribution in [0.25, 0.3) is 11.0 Å². The van der Waals surface area contributed by atoms with E-state index in [1.54, 1.807) is 17.8 Å². The van der Waals surface area contributed by atoms with Crippen LogP contribution in [0.3, 0.4) is 0 Å². The standard InChI is InChI=1S/C28H30S.C7H8/c1-7-9-11-13-21(3)26-17-18-29-28(24(6)22(4)20-26)27-16-15-25(19-23(27)5)14-12-10-8-2;1-7-5-3-2-4-6-7/h7-20H,1,4H2,2-3,5-6H3;2-6H,1H3/b10-8-,11-9-,14-12-,18-17-,21-13+,26-20+,28-24-;. The molecule has 3 rings (SSSR count). The number of allylic oxidation sites excluding steroid dienone is 13. The normalized spacial score (nSPS) is 19.0. The minimum Gasteiger partial charge on any atom is -0.0991 e. The van der Waals surface area contributed by atoms with Gasteiger partial charge in [0.25, 0.3) is 0 Å². The molecule has 0 fully saturated rings. The lowest BCUT2D eigenvalue weighted by atomic mass is 9.97. The highest BCUT2D eigenvalue weighted by Crippen LogP contribution is 2.38. The molecule has 1 aliphatic rings. The number of benzene rings is 2. The van der Waals surface area contributed by atoms with Crippen LogP contribution in [0.4, 0.5) is 0 Å². The maximum atomic E-state index is 4.34. The molecule has 0 amide bonds. The Bertz CT molecular complexity index is 1250. The predicted octanol–water partition coefficient (Wildman–Crippen LogP) is 10.7. The molecular weight excluding hydrogens is 452 g/mol. The van der Waals surface area contributed by atoms with Crippen LogP contribution in [0.1, 0.15) is 43.0 Å². The second-order valence-corrected chi connectivity index (χ2v) is 9.50. The van der Waals surface area contributed by atoms with Crippen molar-refractivity contribution in [2.24, 2.45) is 0 Å². The molecule has 0 aliphatic carbocycles. The fourth-order valence-electron chi connectivity index (χ4n) is 3.50. The Balaban J connectivity index is 0.000000558. The van der Waals surface area contributed by atoms with E-state index >= 15 is 0 Å². The summed E-state index contributed by atoms with van der Waals surface area (Å²) in [5.41, 5.74) is 9.70. The van der Waals surface area contributed by atoms with Crippen LogP contribution < -0.4 is 0 Å². The largest absolute Gasteiger partial charge is 0.0991 e. The van der Waals surface area contributed by atoms with Gasteiger partial charge in [-0.05, 0) is 91.2 Å². The highest BCUT2D eigenvalue weighted by Gasteiger charge is 2.13. The molecular formula is C35H38S. The summed E-state index contributed by atoms with van der Waals surface area (Å²) in [5, 5.41) is 2.17. The van der Waals surface area contributed by atoms with Gasteiger partial charge in [-0.15, -0.1) is 0 Å². The lowest BCUT2D eigenvalue weighted by molar-refractivity contribution is 1.37. The van der Waals surface area contributed by atoms with E-state index in [0.29, 0.717) is 0 Å². The zero-order valence-electron chi connectivity index (χ0n) is 22.3. The molecule has 184 valence electrons. The van der Waals surface area contributed by atoms with E-state index < -0.39 is 0 Å². The number of rotatable bonds is 6. The van der Waals surface area contributed by atoms with Gasteiger partial charge in [0.15, 0.2) is 0 Å². The number of hydrogen-bond donors (Lipinski definition) is 0. The van der Waals surface area contributed by atoms with Gasteiger partial charge in [0.1, 0.15) is 0 Å². The Kier molecular flexibility index (Phi) is 12.3. The van der Waals surface area contributed by atoms with Gasteiger partial charge in [0, 0.05) is 4.91 Å². The number of thioether (sulfide) groups is 1. The zero-order chi connectivity index (χ0) is 26.3. The van der Waals surface area contributed by atoms with E-state index in [0.717, 1.165) is 5.57 Å². The fraction of sp³-hybridized carbons (Fsp3) is 0.143. The van der Waals surface area contributed by atoms with Crippen LogP contribution in [0.15, 0.2) is 144 Å². The Hall–Kier alpha value is -3.55. The molecule has 2 aromatic carbocycles. The van der Waals surface area contributed by atoms with Crippen molar-refractivity contribution in [2.45, 2.75) is 34.6 Å². The first-order chi connectivity index (χ1) is 17.4. The minimum atomic E-state index is 1.05. The average molecular weight is 491 g/mol. The van der Waals surface area contributed by atoms with Crippen LogP contribution in [0.5, 0.6) is 0 Å². The van der Waals surface area contributed by atoms with E-state index in [2.05, 4.69) is 107 Å². The summed E-state index contributed by atoms with van der Waals surface area (Å²) >= 11 is 1.76. The molecule has 0 spiro atoms. The Labute approximate surface area is 223 Å². The topological polar surface area (TPSA) is 0 Å². The molecule has 0 unspecified atom stereocenters. The average Bonchev–Trinajstić information content (AvgIpc) is 2.86. The maximum absolute atomic E-state index is 4.34. The first-order valence-corrected chi connectivity index (χ1v) is 13.1. The van der Waals surface area contributed by atoms with Crippen molar-refractivity contribution in [3.05, 3.63) is 166 Å². The molecule has 0 nitrogen and oxygen atoms in total. The van der Waals surface area contributed by atoms with E-state index in [-0.39, 0.29) is 0 Å². The zero-order valence-corrected chi connectivity index (χ0v) is 23.1. The van der Waals surface area contributed by atoms with Gasteiger partial charge in [0.2, 0.25) is 0 Å². The molecule has 0 saturated heterocycles. The molecule has 1 aliphatic heterocycles. The summed E-state index contributed by atoms with van der Waals surface area (Å²) in [4.78, 5) is 1.26. The van der Waals surface area contributed by atoms with Crippen LogP contribution >= 0.6 is 11.8 Å². The van der Waals surface area contributed by atoms with Crippen molar-refractivity contribution in [2.75, 3.05) is 0 Å². The molecule has 0 bridgehead atoms. The van der Waals surface area contributed by atoms with Gasteiger partial charge in [-0.2, -0.15) is 0 Å². The lowest BCUT2D eigenvalue weighted by Crippen LogP contribution is -1.94. The quantitative estimate of drug-likeness (QED) is 0.363. The van der Waals surface area contributed by atoms with Gasteiger partial charge < -0.3 is 0 Å². The van der Waals surface area contributed by atoms with Gasteiger partial charge >= 0.3 is 0 Å². The van der Waals surface area contributed by atoms with Crippen LogP contribution in [-0.4, -0.2) is 0 Å². The Morgan fingerprint density at radius 2 is 1.67 bits per heavy atom. The third kappa shape index (κ3) is 9.24. The highest BCUT2D eigenvalue weighted by atomic mass is 32.2. The third-order valence-electron chi connectivity index (χ3n) is 5.66. The second kappa shape index (κ2) is 15.4. The van der Waals surface area contributed by atoms with Crippen molar-refractivity contribution >= 4 is 22.7 Å². The smallest absolute Gasteiger partial charge is 0.0226 e. The van der Waals surface area contributed by atoms with Crippen molar-refractivity contribution in [3.63, 3.8) is 0 Å². The predicted molar refractivity (Wildman–Crippen MR) is 166 cm³/mol. The molecule has 36 heavy (non-hydrogen) atoms. The van der Waals surface area contributed by atoms with Gasteiger partial charge in [-0.1, -0.05) is 128 Å². The van der Waals surface area contributed by atoms with E-state index in [1.807, 2.05) is 49.4 Å². The molecule has 0 radical (unpaired) electrons. The van der Waals surface area contributed by atoms with E-state index in [4.69, 9.17) is 0 Å². The van der Waals surface area contributed by atoms with Crippen LogP contribution in [-0.2, 0) is 0 Å². The Morgan fingerprint density at radius 3 is 2.28 bits per heavy atom. The molecule has 1 heterocycles. The molecule has 0 saturated carbocycles. The van der Waals surface area contributed by atoms with E-state index in [9.17, 15) is 0 Å². The number of hydrogen-bond acceptors (Lipinski definition) is 1. The first-order valence-electron chi connectivity index (χ1n) is 12.2. The van der Waals surface area contributed by atoms with E-state index in [1.165, 1.54) is 43.9 Å². The summed E-state index contributed by atoms with van der Waals surface area (Å²) in [7, 11) is 0. The second-order valence-electron chi connectivity index (χ2n) is 8.58. The monoisotopic (exact) mass is 490 g/mol. The van der Waals surface area contributed by atoms with Crippen LogP contribution in [0, 0.1) is 13.8 Å². The van der Waals surface area contributed by atoms with Crippen LogP contribution in [0.2, 0.25) is 0 Å². The third-order valence-corrected chi connectivity index (χ3v) is 6.70.